The third-order valence-electron chi connectivity index (χ3n) is 5.25. The Morgan fingerprint density at radius 3 is 2.60 bits per heavy atom. The van der Waals surface area contributed by atoms with Crippen LogP contribution in [-0.4, -0.2) is 51.1 Å². The largest absolute Gasteiger partial charge is 0.379 e. The quantitative estimate of drug-likeness (QED) is 0.247. The molecule has 0 unspecified atom stereocenters. The van der Waals surface area contributed by atoms with E-state index in [2.05, 4.69) is 35.9 Å². The van der Waals surface area contributed by atoms with Crippen molar-refractivity contribution in [2.45, 2.75) is 32.7 Å². The molecule has 0 fully saturated rings. The average Bonchev–Trinajstić information content (AvgIpc) is 2.85. The van der Waals surface area contributed by atoms with Gasteiger partial charge in [-0.25, -0.2) is 9.97 Å². The molecule has 0 aliphatic carbocycles. The first kappa shape index (κ1) is 25.3. The van der Waals surface area contributed by atoms with Gasteiger partial charge in [0.1, 0.15) is 5.78 Å². The van der Waals surface area contributed by atoms with Crippen LogP contribution in [0.5, 0.6) is 0 Å². The number of hydrogen-bond donors (Lipinski definition) is 5. The summed E-state index contributed by atoms with van der Waals surface area (Å²) in [5.41, 5.74) is 7.10. The fourth-order valence-corrected chi connectivity index (χ4v) is 3.36. The molecule has 6 N–H and O–H groups in total. The number of carbonyl (C=O) groups excluding carboxylic acids is 3. The van der Waals surface area contributed by atoms with Crippen molar-refractivity contribution < 1.29 is 14.4 Å². The maximum absolute atomic E-state index is 12.3. The zero-order chi connectivity index (χ0) is 25.4. The van der Waals surface area contributed by atoms with Gasteiger partial charge in [-0.1, -0.05) is 6.92 Å². The molecular formula is C23H28N8O4. The predicted octanol–water partition coefficient (Wildman–Crippen LogP) is 0.759. The van der Waals surface area contributed by atoms with E-state index in [1.54, 1.807) is 38.2 Å². The molecule has 184 valence electrons. The Morgan fingerprint density at radius 1 is 1.14 bits per heavy atom. The number of ketones is 1. The molecule has 35 heavy (non-hydrogen) atoms. The summed E-state index contributed by atoms with van der Waals surface area (Å²) < 4.78 is 0. The lowest BCUT2D eigenvalue weighted by Gasteiger charge is -2.10. The third kappa shape index (κ3) is 7.06. The van der Waals surface area contributed by atoms with Gasteiger partial charge in [-0.05, 0) is 30.7 Å². The number of nitrogens with two attached hydrogens (primary N) is 1. The Morgan fingerprint density at radius 2 is 1.89 bits per heavy atom. The minimum absolute atomic E-state index is 0.00752. The van der Waals surface area contributed by atoms with Crippen LogP contribution in [0.3, 0.4) is 0 Å². The second-order valence-corrected chi connectivity index (χ2v) is 8.03. The highest BCUT2D eigenvalue weighted by atomic mass is 16.2. The molecule has 0 aliphatic rings. The van der Waals surface area contributed by atoms with Crippen molar-refractivity contribution in [2.75, 3.05) is 24.6 Å². The summed E-state index contributed by atoms with van der Waals surface area (Å²) in [6, 6.07) is 6.86. The minimum Gasteiger partial charge on any atom is -0.379 e. The number of fused-ring (bicyclic) bond motifs is 1. The Balaban J connectivity index is 1.44. The van der Waals surface area contributed by atoms with Crippen LogP contribution in [-0.2, 0) is 16.1 Å². The first-order valence-electron chi connectivity index (χ1n) is 11.1. The van der Waals surface area contributed by atoms with E-state index in [4.69, 9.17) is 5.73 Å². The van der Waals surface area contributed by atoms with Crippen molar-refractivity contribution in [3.63, 3.8) is 0 Å². The normalized spacial score (nSPS) is 11.6. The highest BCUT2D eigenvalue weighted by Crippen LogP contribution is 2.12. The monoisotopic (exact) mass is 480 g/mol. The van der Waals surface area contributed by atoms with Gasteiger partial charge in [0.2, 0.25) is 11.9 Å². The van der Waals surface area contributed by atoms with Gasteiger partial charge >= 0.3 is 0 Å². The first-order valence-corrected chi connectivity index (χ1v) is 11.1. The molecule has 0 bridgehead atoms. The van der Waals surface area contributed by atoms with Gasteiger partial charge in [-0.2, -0.15) is 4.98 Å². The van der Waals surface area contributed by atoms with Crippen molar-refractivity contribution in [1.29, 1.82) is 0 Å². The zero-order valence-electron chi connectivity index (χ0n) is 19.6. The van der Waals surface area contributed by atoms with Gasteiger partial charge in [0, 0.05) is 43.6 Å². The molecular weight excluding hydrogens is 452 g/mol. The molecule has 3 rings (SSSR count). The maximum Gasteiger partial charge on any atom is 0.280 e. The molecule has 2 amide bonds. The number of hydrogen-bond acceptors (Lipinski definition) is 9. The van der Waals surface area contributed by atoms with Crippen LogP contribution in [0.25, 0.3) is 11.2 Å². The van der Waals surface area contributed by atoms with Crippen molar-refractivity contribution in [3.05, 3.63) is 52.1 Å². The van der Waals surface area contributed by atoms with E-state index >= 15 is 0 Å². The summed E-state index contributed by atoms with van der Waals surface area (Å²) in [5, 5.41) is 8.47. The molecule has 0 radical (unpaired) electrons. The molecule has 0 saturated carbocycles. The van der Waals surface area contributed by atoms with Crippen LogP contribution in [0.1, 0.15) is 42.2 Å². The van der Waals surface area contributed by atoms with Crippen LogP contribution in [0.15, 0.2) is 35.3 Å². The Hall–Kier alpha value is -4.35. The number of benzene rings is 1. The Kier molecular flexibility index (Phi) is 8.43. The van der Waals surface area contributed by atoms with E-state index < -0.39 is 5.56 Å². The molecule has 2 aromatic heterocycles. The molecule has 0 spiro atoms. The van der Waals surface area contributed by atoms with Gasteiger partial charge in [-0.15, -0.1) is 0 Å². The number of aromatic amines is 1. The Bertz CT molecular complexity index is 1270. The average molecular weight is 481 g/mol. The lowest BCUT2D eigenvalue weighted by atomic mass is 10.0. The number of amides is 2. The fraction of sp³-hybridized carbons (Fsp3) is 0.348. The smallest absolute Gasteiger partial charge is 0.280 e. The van der Waals surface area contributed by atoms with E-state index in [9.17, 15) is 19.2 Å². The second kappa shape index (κ2) is 11.7. The van der Waals surface area contributed by atoms with Gasteiger partial charge in [-0.3, -0.25) is 24.2 Å². The molecule has 1 atom stereocenters. The van der Waals surface area contributed by atoms with Crippen LogP contribution >= 0.6 is 0 Å². The SMILES string of the molecule is CNC(=O)[C@H](C)CC(=O)CCCNC(=O)c1ccc(NCc2cnc3nc(N)[nH]c(=O)c3n2)cc1. The number of aromatic nitrogens is 4. The summed E-state index contributed by atoms with van der Waals surface area (Å²) in [6.07, 6.45) is 2.50. The zero-order valence-corrected chi connectivity index (χ0v) is 19.6. The molecule has 0 saturated heterocycles. The molecule has 12 heteroatoms. The van der Waals surface area contributed by atoms with E-state index in [0.29, 0.717) is 37.2 Å². The molecule has 3 aromatic rings. The maximum atomic E-state index is 12.3. The van der Waals surface area contributed by atoms with Crippen LogP contribution in [0.4, 0.5) is 11.6 Å². The van der Waals surface area contributed by atoms with E-state index in [-0.39, 0.29) is 47.0 Å². The molecule has 2 heterocycles. The number of carbonyl (C=O) groups is 3. The van der Waals surface area contributed by atoms with Crippen molar-refractivity contribution in [1.82, 2.24) is 30.6 Å². The number of nitrogens with zero attached hydrogens (tertiary/aromatic N) is 3. The Labute approximate surface area is 201 Å². The summed E-state index contributed by atoms with van der Waals surface area (Å²) in [7, 11) is 1.54. The van der Waals surface area contributed by atoms with E-state index in [0.717, 1.165) is 5.69 Å². The highest BCUT2D eigenvalue weighted by molar-refractivity contribution is 5.94. The number of anilines is 2. The van der Waals surface area contributed by atoms with Crippen molar-refractivity contribution in [3.8, 4) is 0 Å². The number of rotatable bonds is 11. The standard InChI is InChI=1S/C23H28N8O4/c1-13(20(33)25-2)10-17(32)4-3-9-26-21(34)14-5-7-15(8-6-14)27-11-16-12-28-19-18(29-16)22(35)31-23(24)30-19/h5-8,12-13,27H,3-4,9-11H2,1-2H3,(H,25,33)(H,26,34)(H3,24,28,30,31,35)/t13-/m1/s1. The lowest BCUT2D eigenvalue weighted by molar-refractivity contribution is -0.128. The summed E-state index contributed by atoms with van der Waals surface area (Å²) in [4.78, 5) is 62.4. The van der Waals surface area contributed by atoms with E-state index in [1.165, 1.54) is 6.20 Å². The molecule has 12 nitrogen and oxygen atoms in total. The number of nitrogens with one attached hydrogen (secondary N) is 4. The summed E-state index contributed by atoms with van der Waals surface area (Å²) in [5.74, 6) is -0.789. The van der Waals surface area contributed by atoms with Gasteiger partial charge in [0.05, 0.1) is 18.4 Å². The van der Waals surface area contributed by atoms with Gasteiger partial charge in [0.25, 0.3) is 11.5 Å². The summed E-state index contributed by atoms with van der Waals surface area (Å²) >= 11 is 0. The number of H-pyrrole nitrogens is 1. The first-order chi connectivity index (χ1) is 16.8. The van der Waals surface area contributed by atoms with Crippen molar-refractivity contribution in [2.24, 2.45) is 5.92 Å². The topological polar surface area (TPSA) is 185 Å². The van der Waals surface area contributed by atoms with Gasteiger partial charge < -0.3 is 21.7 Å². The van der Waals surface area contributed by atoms with Gasteiger partial charge in [0.15, 0.2) is 11.2 Å². The summed E-state index contributed by atoms with van der Waals surface area (Å²) in [6.45, 7) is 2.38. The van der Waals surface area contributed by atoms with Crippen LogP contribution < -0.4 is 27.2 Å². The fourth-order valence-electron chi connectivity index (χ4n) is 3.36. The minimum atomic E-state index is -0.458. The predicted molar refractivity (Wildman–Crippen MR) is 131 cm³/mol. The number of Topliss-reactive ketones (excluding diaryl/α,β-unsaturated/α-hetero) is 1. The van der Waals surface area contributed by atoms with Crippen LogP contribution in [0, 0.1) is 5.92 Å². The highest BCUT2D eigenvalue weighted by Gasteiger charge is 2.15. The third-order valence-corrected chi connectivity index (χ3v) is 5.25. The lowest BCUT2D eigenvalue weighted by Crippen LogP contribution is -2.27. The molecule has 1 aromatic carbocycles. The molecule has 0 aliphatic heterocycles. The van der Waals surface area contributed by atoms with Crippen molar-refractivity contribution >= 4 is 40.4 Å². The van der Waals surface area contributed by atoms with E-state index in [1.807, 2.05) is 0 Å². The number of nitrogen functional groups attached to an aromatic ring is 1. The van der Waals surface area contributed by atoms with Crippen LogP contribution in [0.2, 0.25) is 0 Å². The second-order valence-electron chi connectivity index (χ2n) is 8.03.